The van der Waals surface area contributed by atoms with Crippen LogP contribution in [0, 0.1) is 0 Å². The third-order valence-corrected chi connectivity index (χ3v) is 15.7. The predicted molar refractivity (Wildman–Crippen MR) is 54.9 cm³/mol. The molecular formula is CH5BrI2N2Sn. The Balaban J connectivity index is 3.54. The first kappa shape index (κ1) is 9.66. The average molecular weight is 497 g/mol. The van der Waals surface area contributed by atoms with Crippen molar-refractivity contribution in [2.45, 2.75) is 4.18 Å². The summed E-state index contributed by atoms with van der Waals surface area (Å²) in [5, 5.41) is 0. The van der Waals surface area contributed by atoms with E-state index in [1.807, 2.05) is 0 Å². The topological polar surface area (TPSA) is 52.0 Å². The molecule has 0 aliphatic rings. The van der Waals surface area contributed by atoms with Gasteiger partial charge in [-0.3, -0.25) is 0 Å². The molecule has 6 heteroatoms. The molecule has 0 amide bonds. The molecule has 0 aliphatic carbocycles. The van der Waals surface area contributed by atoms with Crippen molar-refractivity contribution in [2.75, 3.05) is 0 Å². The summed E-state index contributed by atoms with van der Waals surface area (Å²) in [6.45, 7) is 0. The molecule has 0 aromatic carbocycles. The Bertz CT molecular complexity index is 61.2. The zero-order valence-corrected chi connectivity index (χ0v) is 12.1. The molecule has 0 heterocycles. The molecule has 7 heavy (non-hydrogen) atoms. The van der Waals surface area contributed by atoms with Gasteiger partial charge < -0.3 is 0 Å². The summed E-state index contributed by atoms with van der Waals surface area (Å²) in [5.41, 5.74) is 10.8. The average Bonchev–Trinajstić information content (AvgIpc) is 1.31. The Morgan fingerprint density at radius 3 is 1.57 bits per heavy atom. The van der Waals surface area contributed by atoms with Gasteiger partial charge in [-0.05, 0) is 0 Å². The molecule has 4 N–H and O–H groups in total. The standard InChI is InChI=1S/CH5N2.BrH.2HI.Sn/c2-1-3;;;;/h1H,2-3H2;3*1H;/q;;;;+3/p-3. The van der Waals surface area contributed by atoms with E-state index in [0.29, 0.717) is 0 Å². The second kappa shape index (κ2) is 3.74. The molecule has 2 nitrogen and oxygen atoms in total. The molecule has 0 bridgehead atoms. The minimum absolute atomic E-state index is 0.101. The molecule has 0 rings (SSSR count). The third-order valence-electron chi connectivity index (χ3n) is 0.378. The molecule has 0 spiro atoms. The van der Waals surface area contributed by atoms with Crippen molar-refractivity contribution >= 4 is 58.2 Å². The number of nitrogens with two attached hydrogens (primary N) is 2. The Labute approximate surface area is 72.2 Å². The van der Waals surface area contributed by atoms with Crippen molar-refractivity contribution in [3.63, 3.8) is 0 Å². The van der Waals surface area contributed by atoms with E-state index >= 15 is 0 Å². The van der Waals surface area contributed by atoms with E-state index in [4.69, 9.17) is 11.5 Å². The summed E-state index contributed by atoms with van der Waals surface area (Å²) in [6, 6.07) is 0. The summed E-state index contributed by atoms with van der Waals surface area (Å²) < 4.78 is -0.101. The van der Waals surface area contributed by atoms with Crippen molar-refractivity contribution in [3.8, 4) is 0 Å². The van der Waals surface area contributed by atoms with Crippen LogP contribution in [0.3, 0.4) is 0 Å². The van der Waals surface area contributed by atoms with Gasteiger partial charge in [0.15, 0.2) is 0 Å². The van der Waals surface area contributed by atoms with Gasteiger partial charge in [0.05, 0.1) is 0 Å². The molecule has 0 radical (unpaired) electrons. The van der Waals surface area contributed by atoms with Crippen LogP contribution in [0.5, 0.6) is 0 Å². The molecule has 0 atom stereocenters. The van der Waals surface area contributed by atoms with Crippen LogP contribution in [0.4, 0.5) is 0 Å². The Hall–Kier alpha value is 2.66. The van der Waals surface area contributed by atoms with Gasteiger partial charge in [0.2, 0.25) is 0 Å². The van der Waals surface area contributed by atoms with Crippen molar-refractivity contribution in [1.29, 1.82) is 0 Å². The Morgan fingerprint density at radius 2 is 1.57 bits per heavy atom. The van der Waals surface area contributed by atoms with Gasteiger partial charge in [0.1, 0.15) is 0 Å². The quantitative estimate of drug-likeness (QED) is 0.323. The fourth-order valence-corrected chi connectivity index (χ4v) is 0. The van der Waals surface area contributed by atoms with Gasteiger partial charge in [0.25, 0.3) is 0 Å². The third kappa shape index (κ3) is 5.12. The van der Waals surface area contributed by atoms with E-state index in [9.17, 15) is 0 Å². The van der Waals surface area contributed by atoms with Gasteiger partial charge in [-0.1, -0.05) is 0 Å². The van der Waals surface area contributed by atoms with Crippen LogP contribution in [-0.4, -0.2) is 12.4 Å². The first-order chi connectivity index (χ1) is 2.94. The van der Waals surface area contributed by atoms with Crippen LogP contribution in [0.2, 0.25) is 0 Å². The van der Waals surface area contributed by atoms with Gasteiger partial charge in [-0.15, -0.1) is 0 Å². The number of hydrogen-bond donors (Lipinski definition) is 2. The summed E-state index contributed by atoms with van der Waals surface area (Å²) in [5.74, 6) is 0. The molecule has 44 valence electrons. The van der Waals surface area contributed by atoms with Crippen LogP contribution in [0.15, 0.2) is 0 Å². The second-order valence-electron chi connectivity index (χ2n) is 1.07. The maximum absolute atomic E-state index is 5.38. The number of hydrogen-bond acceptors (Lipinski definition) is 2. The van der Waals surface area contributed by atoms with Crippen molar-refractivity contribution in [2.24, 2.45) is 11.5 Å². The fourth-order valence-electron chi connectivity index (χ4n) is 0. The first-order valence-electron chi connectivity index (χ1n) is 1.52. The first-order valence-corrected chi connectivity index (χ1v) is 26.2. The van der Waals surface area contributed by atoms with E-state index in [1.165, 1.54) is 0 Å². The van der Waals surface area contributed by atoms with E-state index < -0.39 is 8.22 Å². The molecule has 0 saturated carbocycles. The maximum atomic E-state index is 5.38. The van der Waals surface area contributed by atoms with Crippen molar-refractivity contribution in [3.05, 3.63) is 0 Å². The number of rotatable bonds is 1. The zero-order valence-electron chi connectivity index (χ0n) is 3.37. The molecule has 0 aliphatic heterocycles. The van der Waals surface area contributed by atoms with Crippen LogP contribution >= 0.6 is 50.0 Å². The van der Waals surface area contributed by atoms with Gasteiger partial charge >= 0.3 is 73.8 Å². The molecule has 0 aromatic rings. The summed E-state index contributed by atoms with van der Waals surface area (Å²) >= 11 is 8.14. The van der Waals surface area contributed by atoms with Crippen LogP contribution in [0.25, 0.3) is 0 Å². The van der Waals surface area contributed by atoms with Crippen LogP contribution in [0.1, 0.15) is 0 Å². The Kier molecular flexibility index (Phi) is 5.16. The van der Waals surface area contributed by atoms with E-state index in [2.05, 4.69) is 50.0 Å². The van der Waals surface area contributed by atoms with Crippen molar-refractivity contribution < 1.29 is 0 Å². The van der Waals surface area contributed by atoms with Crippen LogP contribution < -0.4 is 11.5 Å². The van der Waals surface area contributed by atoms with Gasteiger partial charge in [-0.25, -0.2) is 0 Å². The van der Waals surface area contributed by atoms with E-state index in [0.717, 1.165) is 0 Å². The normalized spacial score (nSPS) is 12.9. The Morgan fingerprint density at radius 1 is 1.43 bits per heavy atom. The molecule has 0 saturated heterocycles. The number of halogens is 3. The van der Waals surface area contributed by atoms with Gasteiger partial charge in [0, 0.05) is 0 Å². The van der Waals surface area contributed by atoms with Crippen molar-refractivity contribution in [1.82, 2.24) is 0 Å². The summed E-state index contributed by atoms with van der Waals surface area (Å²) in [7, 11) is -2.06. The molecule has 0 unspecified atom stereocenters. The SMILES string of the molecule is N[CH](N)[Sn]([Br])([I])[I]. The fraction of sp³-hybridized carbons (Fsp3) is 1.00. The predicted octanol–water partition coefficient (Wildman–Crippen LogP) is 0.973. The van der Waals surface area contributed by atoms with Gasteiger partial charge in [-0.2, -0.15) is 0 Å². The zero-order chi connectivity index (χ0) is 6.08. The monoisotopic (exact) mass is 498 g/mol. The van der Waals surface area contributed by atoms with E-state index in [1.54, 1.807) is 0 Å². The molecule has 0 fully saturated rings. The summed E-state index contributed by atoms with van der Waals surface area (Å²) in [6.07, 6.45) is 0. The van der Waals surface area contributed by atoms with Crippen LogP contribution in [-0.2, 0) is 0 Å². The molecule has 0 aromatic heterocycles. The van der Waals surface area contributed by atoms with E-state index in [-0.39, 0.29) is 4.18 Å². The molecular weight excluding hydrogens is 492 g/mol. The minimum atomic E-state index is -2.06. The summed E-state index contributed by atoms with van der Waals surface area (Å²) in [4.78, 5) is 0. The second-order valence-corrected chi connectivity index (χ2v) is 71.0.